The Morgan fingerprint density at radius 3 is 2.65 bits per heavy atom. The highest BCUT2D eigenvalue weighted by Crippen LogP contribution is 2.15. The van der Waals surface area contributed by atoms with E-state index >= 15 is 0 Å². The zero-order chi connectivity index (χ0) is 13.1. The number of sulfonamides is 1. The van der Waals surface area contributed by atoms with Crippen LogP contribution in [0.4, 0.5) is 4.39 Å². The lowest BCUT2D eigenvalue weighted by Gasteiger charge is -2.12. The molecule has 0 heterocycles. The normalized spacial score (nSPS) is 13.6. The Kier molecular flexibility index (Phi) is 4.62. The number of benzene rings is 1. The van der Waals surface area contributed by atoms with Crippen molar-refractivity contribution in [2.75, 3.05) is 13.2 Å². The van der Waals surface area contributed by atoms with E-state index in [0.717, 1.165) is 6.07 Å². The topological polar surface area (TPSA) is 66.4 Å². The predicted molar refractivity (Wildman–Crippen MR) is 62.6 cm³/mol. The van der Waals surface area contributed by atoms with Crippen LogP contribution in [0.15, 0.2) is 23.1 Å². The summed E-state index contributed by atoms with van der Waals surface area (Å²) in [5.41, 5.74) is 0.356. The summed E-state index contributed by atoms with van der Waals surface area (Å²) in [5, 5.41) is 8.81. The molecular formula is C11H16FNO3S. The number of halogens is 1. The quantitative estimate of drug-likeness (QED) is 0.832. The highest BCUT2D eigenvalue weighted by molar-refractivity contribution is 7.89. The minimum atomic E-state index is -3.64. The fourth-order valence-corrected chi connectivity index (χ4v) is 2.70. The highest BCUT2D eigenvalue weighted by atomic mass is 32.2. The van der Waals surface area contributed by atoms with Crippen LogP contribution >= 0.6 is 0 Å². The molecule has 4 nitrogen and oxygen atoms in total. The first-order valence-electron chi connectivity index (χ1n) is 5.23. The van der Waals surface area contributed by atoms with Gasteiger partial charge in [0.1, 0.15) is 5.82 Å². The van der Waals surface area contributed by atoms with Crippen LogP contribution in [0.2, 0.25) is 0 Å². The minimum absolute atomic E-state index is 0.0593. The molecule has 2 N–H and O–H groups in total. The predicted octanol–water partition coefficient (Wildman–Crippen LogP) is 1.04. The van der Waals surface area contributed by atoms with Crippen molar-refractivity contribution in [3.63, 3.8) is 0 Å². The molecule has 96 valence electrons. The van der Waals surface area contributed by atoms with E-state index in [0.29, 0.717) is 5.56 Å². The van der Waals surface area contributed by atoms with Crippen LogP contribution in [0.1, 0.15) is 12.5 Å². The molecule has 0 aromatic heterocycles. The Labute approximate surface area is 101 Å². The van der Waals surface area contributed by atoms with Gasteiger partial charge in [-0.1, -0.05) is 6.92 Å². The summed E-state index contributed by atoms with van der Waals surface area (Å²) in [6, 6.07) is 3.51. The molecule has 1 aromatic rings. The van der Waals surface area contributed by atoms with Gasteiger partial charge in [-0.2, -0.15) is 0 Å². The molecule has 0 aliphatic rings. The van der Waals surface area contributed by atoms with Gasteiger partial charge in [0.2, 0.25) is 10.0 Å². The van der Waals surface area contributed by atoms with Gasteiger partial charge in [0.25, 0.3) is 0 Å². The maximum absolute atomic E-state index is 12.9. The highest BCUT2D eigenvalue weighted by Gasteiger charge is 2.17. The van der Waals surface area contributed by atoms with E-state index in [1.165, 1.54) is 19.1 Å². The second kappa shape index (κ2) is 5.57. The average Bonchev–Trinajstić information content (AvgIpc) is 2.25. The van der Waals surface area contributed by atoms with E-state index < -0.39 is 15.8 Å². The molecular weight excluding hydrogens is 245 g/mol. The fraction of sp³-hybridized carbons (Fsp3) is 0.455. The number of aliphatic hydroxyl groups is 1. The molecule has 0 bridgehead atoms. The summed E-state index contributed by atoms with van der Waals surface area (Å²) >= 11 is 0. The van der Waals surface area contributed by atoms with Crippen LogP contribution in [-0.2, 0) is 10.0 Å². The molecule has 0 unspecified atom stereocenters. The third kappa shape index (κ3) is 3.76. The second-order valence-electron chi connectivity index (χ2n) is 4.05. The number of hydrogen-bond donors (Lipinski definition) is 2. The summed E-state index contributed by atoms with van der Waals surface area (Å²) in [6.07, 6.45) is 0. The van der Waals surface area contributed by atoms with Crippen LogP contribution in [0.5, 0.6) is 0 Å². The van der Waals surface area contributed by atoms with E-state index in [9.17, 15) is 12.8 Å². The van der Waals surface area contributed by atoms with Gasteiger partial charge in [0.05, 0.1) is 4.90 Å². The lowest BCUT2D eigenvalue weighted by molar-refractivity contribution is 0.238. The lowest BCUT2D eigenvalue weighted by Crippen LogP contribution is -2.30. The summed E-state index contributed by atoms with van der Waals surface area (Å²) in [4.78, 5) is 0.0593. The van der Waals surface area contributed by atoms with Gasteiger partial charge >= 0.3 is 0 Å². The van der Waals surface area contributed by atoms with Crippen molar-refractivity contribution in [1.29, 1.82) is 0 Å². The molecule has 17 heavy (non-hydrogen) atoms. The molecule has 0 saturated carbocycles. The molecule has 1 aromatic carbocycles. The molecule has 0 spiro atoms. The molecule has 0 saturated heterocycles. The Morgan fingerprint density at radius 1 is 1.47 bits per heavy atom. The Balaban J connectivity index is 2.90. The van der Waals surface area contributed by atoms with Crippen LogP contribution in [0, 0.1) is 18.7 Å². The number of rotatable bonds is 5. The maximum atomic E-state index is 12.9. The van der Waals surface area contributed by atoms with Gasteiger partial charge in [-0.3, -0.25) is 0 Å². The maximum Gasteiger partial charge on any atom is 0.240 e. The summed E-state index contributed by atoms with van der Waals surface area (Å²) in [5.74, 6) is -0.629. The summed E-state index contributed by atoms with van der Waals surface area (Å²) in [6.45, 7) is 3.31. The number of aliphatic hydroxyl groups excluding tert-OH is 1. The van der Waals surface area contributed by atoms with E-state index in [4.69, 9.17) is 5.11 Å². The molecule has 1 rings (SSSR count). The van der Waals surface area contributed by atoms with Gasteiger partial charge in [-0.25, -0.2) is 17.5 Å². The van der Waals surface area contributed by atoms with Crippen molar-refractivity contribution in [2.45, 2.75) is 18.7 Å². The third-order valence-corrected chi connectivity index (χ3v) is 3.94. The smallest absolute Gasteiger partial charge is 0.240 e. The first-order valence-corrected chi connectivity index (χ1v) is 6.72. The zero-order valence-corrected chi connectivity index (χ0v) is 10.6. The first-order chi connectivity index (χ1) is 7.86. The fourth-order valence-electron chi connectivity index (χ4n) is 1.31. The number of nitrogens with one attached hydrogen (secondary N) is 1. The van der Waals surface area contributed by atoms with Crippen molar-refractivity contribution < 1.29 is 17.9 Å². The van der Waals surface area contributed by atoms with Crippen molar-refractivity contribution >= 4 is 10.0 Å². The van der Waals surface area contributed by atoms with Gasteiger partial charge < -0.3 is 5.11 Å². The Morgan fingerprint density at radius 2 is 2.12 bits per heavy atom. The molecule has 0 amide bonds. The van der Waals surface area contributed by atoms with E-state index in [1.807, 2.05) is 0 Å². The zero-order valence-electron chi connectivity index (χ0n) is 9.77. The van der Waals surface area contributed by atoms with Gasteiger partial charge in [0.15, 0.2) is 0 Å². The van der Waals surface area contributed by atoms with Gasteiger partial charge in [-0.15, -0.1) is 0 Å². The van der Waals surface area contributed by atoms with Gasteiger partial charge in [0, 0.05) is 13.2 Å². The molecule has 0 fully saturated rings. The van der Waals surface area contributed by atoms with Crippen molar-refractivity contribution in [3.8, 4) is 0 Å². The van der Waals surface area contributed by atoms with Crippen molar-refractivity contribution in [1.82, 2.24) is 4.72 Å². The van der Waals surface area contributed by atoms with Crippen LogP contribution in [-0.4, -0.2) is 26.7 Å². The molecule has 0 aliphatic carbocycles. The largest absolute Gasteiger partial charge is 0.396 e. The average molecular weight is 261 g/mol. The van der Waals surface area contributed by atoms with E-state index in [1.54, 1.807) is 6.92 Å². The number of aryl methyl sites for hydroxylation is 1. The Bertz CT molecular complexity index is 487. The van der Waals surface area contributed by atoms with E-state index in [-0.39, 0.29) is 24.0 Å². The molecule has 1 atom stereocenters. The van der Waals surface area contributed by atoms with Crippen LogP contribution < -0.4 is 4.72 Å². The third-order valence-electron chi connectivity index (χ3n) is 2.36. The lowest BCUT2D eigenvalue weighted by atomic mass is 10.2. The minimum Gasteiger partial charge on any atom is -0.396 e. The summed E-state index contributed by atoms with van der Waals surface area (Å²) < 4.78 is 39.0. The van der Waals surface area contributed by atoms with Crippen molar-refractivity contribution in [3.05, 3.63) is 29.6 Å². The summed E-state index contributed by atoms with van der Waals surface area (Å²) in [7, 11) is -3.64. The molecule has 0 aliphatic heterocycles. The first kappa shape index (κ1) is 14.1. The second-order valence-corrected chi connectivity index (χ2v) is 5.78. The van der Waals surface area contributed by atoms with Gasteiger partial charge in [-0.05, 0) is 36.6 Å². The van der Waals surface area contributed by atoms with Crippen molar-refractivity contribution in [2.24, 2.45) is 5.92 Å². The standard InChI is InChI=1S/C11H16FNO3S/c1-8(7-14)6-13-17(15,16)11-4-3-10(12)5-9(11)2/h3-5,8,13-14H,6-7H2,1-2H3/t8-/m0/s1. The molecule has 0 radical (unpaired) electrons. The monoisotopic (exact) mass is 261 g/mol. The Hall–Kier alpha value is -0.980. The number of hydrogen-bond acceptors (Lipinski definition) is 3. The van der Waals surface area contributed by atoms with E-state index in [2.05, 4.69) is 4.72 Å². The van der Waals surface area contributed by atoms with Crippen LogP contribution in [0.25, 0.3) is 0 Å². The molecule has 6 heteroatoms. The SMILES string of the molecule is Cc1cc(F)ccc1S(=O)(=O)NC[C@H](C)CO. The van der Waals surface area contributed by atoms with Crippen LogP contribution in [0.3, 0.4) is 0 Å².